The van der Waals surface area contributed by atoms with Crippen molar-refractivity contribution in [2.45, 2.75) is 18.9 Å². The number of nitrogens with zero attached hydrogens (tertiary/aromatic N) is 4. The Morgan fingerprint density at radius 2 is 2.43 bits per heavy atom. The van der Waals surface area contributed by atoms with Crippen LogP contribution in [0.1, 0.15) is 17.3 Å². The normalized spacial score (nSPS) is 28.9. The molecule has 0 spiro atoms. The summed E-state index contributed by atoms with van der Waals surface area (Å²) >= 11 is 0. The highest BCUT2D eigenvalue weighted by atomic mass is 16.5. The lowest BCUT2D eigenvalue weighted by Gasteiger charge is -2.22. The Morgan fingerprint density at radius 3 is 3.19 bits per heavy atom. The van der Waals surface area contributed by atoms with Crippen molar-refractivity contribution in [3.63, 3.8) is 0 Å². The number of pyridine rings is 1. The third kappa shape index (κ3) is 2.15. The predicted molar refractivity (Wildman–Crippen MR) is 74.5 cm³/mol. The van der Waals surface area contributed by atoms with Gasteiger partial charge < -0.3 is 9.26 Å². The van der Waals surface area contributed by atoms with Crippen molar-refractivity contribution in [2.75, 3.05) is 26.3 Å². The molecule has 2 aliphatic heterocycles. The average molecular weight is 286 g/mol. The highest BCUT2D eigenvalue weighted by Crippen LogP contribution is 2.43. The summed E-state index contributed by atoms with van der Waals surface area (Å²) in [5.74, 6) is 1.85. The van der Waals surface area contributed by atoms with Crippen LogP contribution in [0.5, 0.6) is 0 Å². The third-order valence-corrected chi connectivity index (χ3v) is 4.53. The molecule has 0 bridgehead atoms. The molecule has 0 saturated carbocycles. The molecule has 0 radical (unpaired) electrons. The fourth-order valence-electron chi connectivity index (χ4n) is 3.51. The van der Waals surface area contributed by atoms with E-state index in [2.05, 4.69) is 26.1 Å². The zero-order chi connectivity index (χ0) is 14.3. The number of ether oxygens (including phenoxy) is 1. The molecule has 110 valence electrons. The topological polar surface area (TPSA) is 64.3 Å². The molecule has 2 fully saturated rings. The van der Waals surface area contributed by atoms with Gasteiger partial charge in [-0.3, -0.25) is 9.88 Å². The summed E-state index contributed by atoms with van der Waals surface area (Å²) in [6.07, 6.45) is 3.73. The lowest BCUT2D eigenvalue weighted by molar-refractivity contribution is 0.137. The van der Waals surface area contributed by atoms with Crippen LogP contribution < -0.4 is 0 Å². The van der Waals surface area contributed by atoms with Crippen LogP contribution in [0.2, 0.25) is 0 Å². The van der Waals surface area contributed by atoms with E-state index in [1.807, 2.05) is 19.2 Å². The second-order valence-corrected chi connectivity index (χ2v) is 6.05. The monoisotopic (exact) mass is 286 g/mol. The van der Waals surface area contributed by atoms with Gasteiger partial charge in [-0.1, -0.05) is 11.2 Å². The lowest BCUT2D eigenvalue weighted by Crippen LogP contribution is -2.35. The molecule has 2 saturated heterocycles. The standard InChI is InChI=1S/C15H18N4O2/c1-11-17-14(21-18-11)15-9-19(7-13(15)8-20-10-15)6-12-3-2-4-16-5-12/h2-5,13H,6-10H2,1H3/t13-,15-/m0/s1. The molecular weight excluding hydrogens is 268 g/mol. The molecule has 2 aliphatic rings. The van der Waals surface area contributed by atoms with Crippen LogP contribution in [0.3, 0.4) is 0 Å². The second-order valence-electron chi connectivity index (χ2n) is 6.05. The van der Waals surface area contributed by atoms with Crippen molar-refractivity contribution >= 4 is 0 Å². The quantitative estimate of drug-likeness (QED) is 0.844. The van der Waals surface area contributed by atoms with Gasteiger partial charge >= 0.3 is 0 Å². The van der Waals surface area contributed by atoms with E-state index >= 15 is 0 Å². The molecule has 0 amide bonds. The first-order valence-electron chi connectivity index (χ1n) is 7.26. The molecule has 0 aromatic carbocycles. The van der Waals surface area contributed by atoms with Crippen molar-refractivity contribution in [3.8, 4) is 0 Å². The molecule has 0 unspecified atom stereocenters. The second kappa shape index (κ2) is 4.89. The zero-order valence-electron chi connectivity index (χ0n) is 12.0. The Kier molecular flexibility index (Phi) is 3.01. The third-order valence-electron chi connectivity index (χ3n) is 4.53. The van der Waals surface area contributed by atoms with Gasteiger partial charge in [0.1, 0.15) is 0 Å². The molecule has 2 aromatic rings. The Labute approximate surface area is 123 Å². The van der Waals surface area contributed by atoms with E-state index in [1.54, 1.807) is 6.20 Å². The number of aryl methyl sites for hydroxylation is 1. The predicted octanol–water partition coefficient (Wildman–Crippen LogP) is 1.17. The van der Waals surface area contributed by atoms with Crippen molar-refractivity contribution in [3.05, 3.63) is 41.8 Å². The van der Waals surface area contributed by atoms with Crippen LogP contribution in [-0.2, 0) is 16.7 Å². The van der Waals surface area contributed by atoms with Gasteiger partial charge in [-0.05, 0) is 18.6 Å². The first kappa shape index (κ1) is 12.9. The van der Waals surface area contributed by atoms with Crippen molar-refractivity contribution in [1.82, 2.24) is 20.0 Å². The van der Waals surface area contributed by atoms with Crippen LogP contribution in [0.25, 0.3) is 0 Å². The maximum absolute atomic E-state index is 5.71. The molecule has 4 heterocycles. The van der Waals surface area contributed by atoms with Crippen LogP contribution in [0, 0.1) is 12.8 Å². The largest absolute Gasteiger partial charge is 0.380 e. The summed E-state index contributed by atoms with van der Waals surface area (Å²) in [4.78, 5) is 11.1. The van der Waals surface area contributed by atoms with E-state index in [4.69, 9.17) is 9.26 Å². The average Bonchev–Trinajstić information content (AvgIpc) is 3.14. The Morgan fingerprint density at radius 1 is 1.48 bits per heavy atom. The fraction of sp³-hybridized carbons (Fsp3) is 0.533. The maximum atomic E-state index is 5.71. The minimum Gasteiger partial charge on any atom is -0.380 e. The summed E-state index contributed by atoms with van der Waals surface area (Å²) in [6, 6.07) is 4.09. The minimum absolute atomic E-state index is 0.135. The molecule has 6 nitrogen and oxygen atoms in total. The van der Waals surface area contributed by atoms with E-state index in [1.165, 1.54) is 5.56 Å². The molecule has 2 aromatic heterocycles. The van der Waals surface area contributed by atoms with Crippen LogP contribution in [0.15, 0.2) is 29.0 Å². The van der Waals surface area contributed by atoms with Crippen LogP contribution in [0.4, 0.5) is 0 Å². The molecule has 0 aliphatic carbocycles. The lowest BCUT2D eigenvalue weighted by atomic mass is 9.81. The summed E-state index contributed by atoms with van der Waals surface area (Å²) in [5, 5.41) is 3.96. The summed E-state index contributed by atoms with van der Waals surface area (Å²) in [5.41, 5.74) is 1.10. The van der Waals surface area contributed by atoms with Crippen LogP contribution in [-0.4, -0.2) is 46.3 Å². The molecule has 2 atom stereocenters. The van der Waals surface area contributed by atoms with E-state index in [9.17, 15) is 0 Å². The van der Waals surface area contributed by atoms with Gasteiger partial charge in [-0.25, -0.2) is 0 Å². The Hall–Kier alpha value is -1.79. The molecular formula is C15H18N4O2. The molecule has 4 rings (SSSR count). The summed E-state index contributed by atoms with van der Waals surface area (Å²) in [6.45, 7) is 6.09. The Bertz CT molecular complexity index is 630. The van der Waals surface area contributed by atoms with Crippen molar-refractivity contribution in [2.24, 2.45) is 5.92 Å². The number of fused-ring (bicyclic) bond motifs is 1. The summed E-state index contributed by atoms with van der Waals surface area (Å²) in [7, 11) is 0. The smallest absolute Gasteiger partial charge is 0.236 e. The number of rotatable bonds is 3. The SMILES string of the molecule is Cc1noc([C@@]23COC[C@@H]2CN(Cc2cccnc2)C3)n1. The number of hydrogen-bond donors (Lipinski definition) is 0. The number of likely N-dealkylation sites (tertiary alicyclic amines) is 1. The van der Waals surface area contributed by atoms with E-state index < -0.39 is 0 Å². The highest BCUT2D eigenvalue weighted by molar-refractivity contribution is 5.18. The Balaban J connectivity index is 1.57. The number of hydrogen-bond acceptors (Lipinski definition) is 6. The van der Waals surface area contributed by atoms with Gasteiger partial charge in [0.05, 0.1) is 18.6 Å². The highest BCUT2D eigenvalue weighted by Gasteiger charge is 2.55. The van der Waals surface area contributed by atoms with Gasteiger partial charge in [0.25, 0.3) is 0 Å². The van der Waals surface area contributed by atoms with E-state index in [-0.39, 0.29) is 5.41 Å². The minimum atomic E-state index is -0.135. The number of aromatic nitrogens is 3. The van der Waals surface area contributed by atoms with Crippen molar-refractivity contribution < 1.29 is 9.26 Å². The maximum Gasteiger partial charge on any atom is 0.236 e. The first-order valence-corrected chi connectivity index (χ1v) is 7.26. The molecule has 6 heteroatoms. The van der Waals surface area contributed by atoms with E-state index in [0.29, 0.717) is 18.3 Å². The van der Waals surface area contributed by atoms with Gasteiger partial charge in [0.15, 0.2) is 5.82 Å². The van der Waals surface area contributed by atoms with Crippen molar-refractivity contribution in [1.29, 1.82) is 0 Å². The summed E-state index contributed by atoms with van der Waals surface area (Å²) < 4.78 is 11.2. The fourth-order valence-corrected chi connectivity index (χ4v) is 3.51. The van der Waals surface area contributed by atoms with Gasteiger partial charge in [-0.2, -0.15) is 4.98 Å². The van der Waals surface area contributed by atoms with Gasteiger partial charge in [-0.15, -0.1) is 0 Å². The van der Waals surface area contributed by atoms with E-state index in [0.717, 1.165) is 32.1 Å². The van der Waals surface area contributed by atoms with Crippen LogP contribution >= 0.6 is 0 Å². The first-order chi connectivity index (χ1) is 10.3. The van der Waals surface area contributed by atoms with Gasteiger partial charge in [0, 0.05) is 37.9 Å². The molecule has 21 heavy (non-hydrogen) atoms. The van der Waals surface area contributed by atoms with Gasteiger partial charge in [0.2, 0.25) is 5.89 Å². The molecule has 0 N–H and O–H groups in total. The zero-order valence-corrected chi connectivity index (χ0v) is 12.0.